The van der Waals surface area contributed by atoms with Gasteiger partial charge < -0.3 is 10.6 Å². The van der Waals surface area contributed by atoms with Crippen LogP contribution in [0.15, 0.2) is 24.5 Å². The van der Waals surface area contributed by atoms with Crippen molar-refractivity contribution in [1.29, 1.82) is 0 Å². The highest BCUT2D eigenvalue weighted by molar-refractivity contribution is 5.81. The number of hydrogen-bond acceptors (Lipinski definition) is 3. The molecule has 2 aromatic rings. The summed E-state index contributed by atoms with van der Waals surface area (Å²) in [5.41, 5.74) is 12.1. The second-order valence-electron chi connectivity index (χ2n) is 6.03. The van der Waals surface area contributed by atoms with Gasteiger partial charge in [-0.05, 0) is 43.4 Å². The Morgan fingerprint density at radius 3 is 2.95 bits per heavy atom. The summed E-state index contributed by atoms with van der Waals surface area (Å²) < 4.78 is 2.08. The molecule has 0 atom stereocenters. The molecule has 0 saturated heterocycles. The van der Waals surface area contributed by atoms with Crippen molar-refractivity contribution in [2.75, 3.05) is 24.2 Å². The highest BCUT2D eigenvalue weighted by Crippen LogP contribution is 2.38. The van der Waals surface area contributed by atoms with Crippen molar-refractivity contribution in [2.45, 2.75) is 31.7 Å². The van der Waals surface area contributed by atoms with E-state index >= 15 is 0 Å². The Kier molecular flexibility index (Phi) is 2.52. The van der Waals surface area contributed by atoms with E-state index in [1.165, 1.54) is 30.5 Å². The van der Waals surface area contributed by atoms with E-state index in [4.69, 9.17) is 5.73 Å². The van der Waals surface area contributed by atoms with Crippen molar-refractivity contribution in [3.63, 3.8) is 0 Å². The van der Waals surface area contributed by atoms with Gasteiger partial charge in [0.2, 0.25) is 0 Å². The molecule has 0 bridgehead atoms. The van der Waals surface area contributed by atoms with Gasteiger partial charge in [0.05, 0.1) is 12.2 Å². The van der Waals surface area contributed by atoms with Gasteiger partial charge in [-0.2, -0.15) is 5.10 Å². The minimum Gasteiger partial charge on any atom is -0.398 e. The molecule has 0 unspecified atom stereocenters. The maximum absolute atomic E-state index is 6.28. The first-order chi connectivity index (χ1) is 9.72. The summed E-state index contributed by atoms with van der Waals surface area (Å²) in [7, 11) is 2.14. The third-order valence-electron chi connectivity index (χ3n) is 4.44. The fraction of sp³-hybridized carbons (Fsp3) is 0.438. The average molecular weight is 268 g/mol. The molecule has 1 aromatic heterocycles. The van der Waals surface area contributed by atoms with Gasteiger partial charge in [-0.15, -0.1) is 0 Å². The fourth-order valence-electron chi connectivity index (χ4n) is 3.10. The number of benzene rings is 1. The first-order valence-electron chi connectivity index (χ1n) is 7.40. The standard InChI is InChI=1S/C16H20N4/c1-19-6-2-3-11-7-14(15(17)8-16(11)19)12-9-18-20(10-12)13-4-5-13/h7-10,13H,2-6,17H2,1H3. The Morgan fingerprint density at radius 2 is 2.15 bits per heavy atom. The molecule has 1 aromatic carbocycles. The monoisotopic (exact) mass is 268 g/mol. The molecule has 1 saturated carbocycles. The Bertz CT molecular complexity index is 654. The van der Waals surface area contributed by atoms with Crippen LogP contribution in [0.1, 0.15) is 30.9 Å². The number of anilines is 2. The van der Waals surface area contributed by atoms with Gasteiger partial charge in [0.15, 0.2) is 0 Å². The van der Waals surface area contributed by atoms with Crippen molar-refractivity contribution < 1.29 is 0 Å². The minimum absolute atomic E-state index is 0.619. The molecule has 1 aliphatic carbocycles. The maximum Gasteiger partial charge on any atom is 0.0569 e. The van der Waals surface area contributed by atoms with E-state index < -0.39 is 0 Å². The van der Waals surface area contributed by atoms with Crippen LogP contribution >= 0.6 is 0 Å². The molecule has 4 nitrogen and oxygen atoms in total. The molecule has 2 aliphatic rings. The number of rotatable bonds is 2. The molecule has 0 spiro atoms. The van der Waals surface area contributed by atoms with Gasteiger partial charge >= 0.3 is 0 Å². The van der Waals surface area contributed by atoms with Crippen molar-refractivity contribution in [2.24, 2.45) is 0 Å². The lowest BCUT2D eigenvalue weighted by molar-refractivity contribution is 0.642. The third-order valence-corrected chi connectivity index (χ3v) is 4.44. The lowest BCUT2D eigenvalue weighted by Gasteiger charge is -2.28. The van der Waals surface area contributed by atoms with E-state index in [2.05, 4.69) is 40.1 Å². The number of nitrogen functional groups attached to an aromatic ring is 1. The molecule has 1 aliphatic heterocycles. The highest BCUT2D eigenvalue weighted by Gasteiger charge is 2.25. The van der Waals surface area contributed by atoms with Crippen LogP contribution in [0.2, 0.25) is 0 Å². The van der Waals surface area contributed by atoms with Gasteiger partial charge in [0.25, 0.3) is 0 Å². The summed E-state index contributed by atoms with van der Waals surface area (Å²) in [6.07, 6.45) is 8.96. The Labute approximate surface area is 119 Å². The minimum atomic E-state index is 0.619. The zero-order chi connectivity index (χ0) is 13.7. The van der Waals surface area contributed by atoms with E-state index in [0.29, 0.717) is 6.04 Å². The number of aryl methyl sites for hydroxylation is 1. The Morgan fingerprint density at radius 1 is 1.30 bits per heavy atom. The van der Waals surface area contributed by atoms with Gasteiger partial charge in [-0.1, -0.05) is 0 Å². The molecule has 2 heterocycles. The molecule has 2 N–H and O–H groups in total. The lowest BCUT2D eigenvalue weighted by atomic mass is 9.96. The second-order valence-corrected chi connectivity index (χ2v) is 6.03. The van der Waals surface area contributed by atoms with Crippen molar-refractivity contribution in [1.82, 2.24) is 9.78 Å². The third kappa shape index (κ3) is 1.87. The second kappa shape index (κ2) is 4.27. The molecule has 20 heavy (non-hydrogen) atoms. The summed E-state index contributed by atoms with van der Waals surface area (Å²) in [5, 5.41) is 4.47. The smallest absolute Gasteiger partial charge is 0.0569 e. The summed E-state index contributed by atoms with van der Waals surface area (Å²) >= 11 is 0. The van der Waals surface area contributed by atoms with E-state index in [-0.39, 0.29) is 0 Å². The predicted octanol–water partition coefficient (Wildman–Crippen LogP) is 2.85. The van der Waals surface area contributed by atoms with Crippen LogP contribution in [-0.4, -0.2) is 23.4 Å². The quantitative estimate of drug-likeness (QED) is 0.852. The summed E-state index contributed by atoms with van der Waals surface area (Å²) in [6.45, 7) is 1.12. The van der Waals surface area contributed by atoms with Crippen LogP contribution in [0, 0.1) is 0 Å². The van der Waals surface area contributed by atoms with Crippen LogP contribution in [0.3, 0.4) is 0 Å². The van der Waals surface area contributed by atoms with Gasteiger partial charge in [0.1, 0.15) is 0 Å². The maximum atomic E-state index is 6.28. The van der Waals surface area contributed by atoms with Crippen molar-refractivity contribution in [3.8, 4) is 11.1 Å². The highest BCUT2D eigenvalue weighted by atomic mass is 15.3. The summed E-state index contributed by atoms with van der Waals surface area (Å²) in [4.78, 5) is 2.30. The number of nitrogens with zero attached hydrogens (tertiary/aromatic N) is 3. The summed E-state index contributed by atoms with van der Waals surface area (Å²) in [6, 6.07) is 5.00. The molecule has 0 radical (unpaired) electrons. The molecule has 4 rings (SSSR count). The first kappa shape index (κ1) is 11.8. The van der Waals surface area contributed by atoms with E-state index in [1.807, 2.05) is 6.20 Å². The zero-order valence-electron chi connectivity index (χ0n) is 11.8. The lowest BCUT2D eigenvalue weighted by Crippen LogP contribution is -2.24. The fourth-order valence-corrected chi connectivity index (χ4v) is 3.10. The number of aromatic nitrogens is 2. The van der Waals surface area contributed by atoms with Gasteiger partial charge in [0, 0.05) is 42.3 Å². The topological polar surface area (TPSA) is 47.1 Å². The number of hydrogen-bond donors (Lipinski definition) is 1. The molecular weight excluding hydrogens is 248 g/mol. The van der Waals surface area contributed by atoms with Crippen LogP contribution in [0.25, 0.3) is 11.1 Å². The number of fused-ring (bicyclic) bond motifs is 1. The molecule has 1 fully saturated rings. The van der Waals surface area contributed by atoms with Crippen molar-refractivity contribution >= 4 is 11.4 Å². The van der Waals surface area contributed by atoms with E-state index in [9.17, 15) is 0 Å². The zero-order valence-corrected chi connectivity index (χ0v) is 11.8. The SMILES string of the molecule is CN1CCCc2cc(-c3cnn(C4CC4)c3)c(N)cc21. The van der Waals surface area contributed by atoms with E-state index in [0.717, 1.165) is 29.8 Å². The first-order valence-corrected chi connectivity index (χ1v) is 7.40. The van der Waals surface area contributed by atoms with Crippen molar-refractivity contribution in [3.05, 3.63) is 30.1 Å². The van der Waals surface area contributed by atoms with Crippen LogP contribution in [-0.2, 0) is 6.42 Å². The van der Waals surface area contributed by atoms with Crippen LogP contribution in [0.4, 0.5) is 11.4 Å². The Hall–Kier alpha value is -1.97. The molecule has 104 valence electrons. The molecular formula is C16H20N4. The molecule has 0 amide bonds. The summed E-state index contributed by atoms with van der Waals surface area (Å²) in [5.74, 6) is 0. The van der Waals surface area contributed by atoms with Crippen LogP contribution in [0.5, 0.6) is 0 Å². The van der Waals surface area contributed by atoms with E-state index in [1.54, 1.807) is 0 Å². The normalized spacial score (nSPS) is 18.1. The van der Waals surface area contributed by atoms with Gasteiger partial charge in [-0.3, -0.25) is 4.68 Å². The average Bonchev–Trinajstić information content (AvgIpc) is 3.18. The molecule has 4 heteroatoms. The number of nitrogens with two attached hydrogens (primary N) is 1. The predicted molar refractivity (Wildman–Crippen MR) is 81.9 cm³/mol. The van der Waals surface area contributed by atoms with Crippen LogP contribution < -0.4 is 10.6 Å². The largest absolute Gasteiger partial charge is 0.398 e. The van der Waals surface area contributed by atoms with Gasteiger partial charge in [-0.25, -0.2) is 0 Å². The Balaban J connectivity index is 1.76.